The van der Waals surface area contributed by atoms with Crippen molar-refractivity contribution in [3.05, 3.63) is 123 Å². The van der Waals surface area contributed by atoms with Crippen LogP contribution in [-0.4, -0.2) is 5.11 Å². The van der Waals surface area contributed by atoms with Gasteiger partial charge in [0.15, 0.2) is 11.6 Å². The third kappa shape index (κ3) is 2.56. The van der Waals surface area contributed by atoms with Crippen molar-refractivity contribution in [3.63, 3.8) is 0 Å². The van der Waals surface area contributed by atoms with Gasteiger partial charge in [0.25, 0.3) is 0 Å². The first-order valence-corrected chi connectivity index (χ1v) is 9.96. The highest BCUT2D eigenvalue weighted by molar-refractivity contribution is 9.10. The van der Waals surface area contributed by atoms with Gasteiger partial charge in [0.1, 0.15) is 5.75 Å². The van der Waals surface area contributed by atoms with Crippen molar-refractivity contribution < 1.29 is 13.9 Å². The number of fused-ring (bicyclic) bond motifs is 3. The topological polar surface area (TPSA) is 20.2 Å². The molecule has 0 heterocycles. The zero-order chi connectivity index (χ0) is 20.2. The van der Waals surface area contributed by atoms with E-state index in [0.717, 1.165) is 32.3 Å². The Balaban J connectivity index is 1.97. The molecular weight excluding hydrogens is 434 g/mol. The van der Waals surface area contributed by atoms with E-state index < -0.39 is 17.0 Å². The summed E-state index contributed by atoms with van der Waals surface area (Å²) < 4.78 is 29.1. The molecule has 29 heavy (non-hydrogen) atoms. The molecule has 0 fully saturated rings. The molecule has 4 aromatic rings. The molecule has 142 valence electrons. The predicted molar refractivity (Wildman–Crippen MR) is 113 cm³/mol. The van der Waals surface area contributed by atoms with Crippen LogP contribution in [0.15, 0.2) is 89.4 Å². The Morgan fingerprint density at radius 3 is 2.10 bits per heavy atom. The maximum atomic E-state index is 14.4. The fourth-order valence-electron chi connectivity index (χ4n) is 4.48. The fourth-order valence-corrected chi connectivity index (χ4v) is 4.84. The quantitative estimate of drug-likeness (QED) is 0.315. The van der Waals surface area contributed by atoms with Gasteiger partial charge in [0, 0.05) is 4.47 Å². The first-order chi connectivity index (χ1) is 14.0. The summed E-state index contributed by atoms with van der Waals surface area (Å²) in [7, 11) is 0. The first-order valence-electron chi connectivity index (χ1n) is 9.17. The maximum absolute atomic E-state index is 14.4. The Hall–Kier alpha value is -2.98. The number of aromatic hydroxyl groups is 1. The largest absolute Gasteiger partial charge is 0.508 e. The molecule has 1 atom stereocenters. The first kappa shape index (κ1) is 18.1. The maximum Gasteiger partial charge on any atom is 0.159 e. The lowest BCUT2D eigenvalue weighted by Crippen LogP contribution is -2.28. The monoisotopic (exact) mass is 448 g/mol. The van der Waals surface area contributed by atoms with Gasteiger partial charge in [-0.3, -0.25) is 0 Å². The summed E-state index contributed by atoms with van der Waals surface area (Å²) >= 11 is 3.57. The van der Waals surface area contributed by atoms with Crippen molar-refractivity contribution in [1.82, 2.24) is 0 Å². The van der Waals surface area contributed by atoms with Crippen LogP contribution in [0.4, 0.5) is 8.78 Å². The second kappa shape index (κ2) is 6.53. The van der Waals surface area contributed by atoms with Crippen LogP contribution < -0.4 is 0 Å². The SMILES string of the molecule is Oc1ccc(C2(c3ccc(F)c(F)c3)c3ccccc3-c3ccc(Br)cc32)cc1. The van der Waals surface area contributed by atoms with E-state index in [0.29, 0.717) is 5.56 Å². The molecule has 0 saturated heterocycles. The number of benzene rings is 4. The minimum absolute atomic E-state index is 0.148. The third-order valence-electron chi connectivity index (χ3n) is 5.66. The van der Waals surface area contributed by atoms with E-state index in [1.807, 2.05) is 54.6 Å². The van der Waals surface area contributed by atoms with Crippen molar-refractivity contribution in [2.24, 2.45) is 0 Å². The van der Waals surface area contributed by atoms with Crippen molar-refractivity contribution in [2.45, 2.75) is 5.41 Å². The molecule has 1 N–H and O–H groups in total. The molecule has 1 nitrogen and oxygen atoms in total. The molecule has 5 rings (SSSR count). The minimum Gasteiger partial charge on any atom is -0.508 e. The zero-order valence-corrected chi connectivity index (χ0v) is 16.8. The summed E-state index contributed by atoms with van der Waals surface area (Å²) in [5.41, 5.74) is 4.72. The van der Waals surface area contributed by atoms with Crippen molar-refractivity contribution in [2.75, 3.05) is 0 Å². The Bertz CT molecular complexity index is 1250. The highest BCUT2D eigenvalue weighted by atomic mass is 79.9. The number of rotatable bonds is 2. The smallest absolute Gasteiger partial charge is 0.159 e. The van der Waals surface area contributed by atoms with Gasteiger partial charge in [-0.25, -0.2) is 8.78 Å². The van der Waals surface area contributed by atoms with E-state index in [-0.39, 0.29) is 5.75 Å². The minimum atomic E-state index is -0.887. The van der Waals surface area contributed by atoms with E-state index in [1.54, 1.807) is 18.2 Å². The molecule has 0 spiro atoms. The molecule has 0 radical (unpaired) electrons. The fraction of sp³-hybridized carbons (Fsp3) is 0.0400. The Morgan fingerprint density at radius 2 is 1.34 bits per heavy atom. The van der Waals surface area contributed by atoms with Gasteiger partial charge in [-0.2, -0.15) is 0 Å². The van der Waals surface area contributed by atoms with Crippen molar-refractivity contribution in [3.8, 4) is 16.9 Å². The van der Waals surface area contributed by atoms with Crippen LogP contribution in [-0.2, 0) is 5.41 Å². The lowest BCUT2D eigenvalue weighted by molar-refractivity contribution is 0.474. The van der Waals surface area contributed by atoms with Crippen LogP contribution in [0.25, 0.3) is 11.1 Å². The highest BCUT2D eigenvalue weighted by Crippen LogP contribution is 2.56. The Morgan fingerprint density at radius 1 is 0.655 bits per heavy atom. The lowest BCUT2D eigenvalue weighted by Gasteiger charge is -2.34. The van der Waals surface area contributed by atoms with E-state index in [2.05, 4.69) is 15.9 Å². The third-order valence-corrected chi connectivity index (χ3v) is 6.15. The van der Waals surface area contributed by atoms with Crippen LogP contribution in [0.2, 0.25) is 0 Å². The summed E-state index contributed by atoms with van der Waals surface area (Å²) in [6.07, 6.45) is 0. The summed E-state index contributed by atoms with van der Waals surface area (Å²) in [5, 5.41) is 9.85. The van der Waals surface area contributed by atoms with E-state index in [9.17, 15) is 13.9 Å². The van der Waals surface area contributed by atoms with Crippen LogP contribution in [0.5, 0.6) is 5.75 Å². The average Bonchev–Trinajstić information content (AvgIpc) is 3.01. The molecule has 4 heteroatoms. The molecule has 0 bridgehead atoms. The van der Waals surface area contributed by atoms with E-state index >= 15 is 0 Å². The molecule has 1 aliphatic rings. The van der Waals surface area contributed by atoms with Crippen LogP contribution >= 0.6 is 15.9 Å². The molecule has 1 aliphatic carbocycles. The van der Waals surface area contributed by atoms with Gasteiger partial charge in [-0.15, -0.1) is 0 Å². The van der Waals surface area contributed by atoms with Crippen LogP contribution in [0.1, 0.15) is 22.3 Å². The molecule has 0 aliphatic heterocycles. The second-order valence-corrected chi connectivity index (χ2v) is 8.08. The highest BCUT2D eigenvalue weighted by Gasteiger charge is 2.46. The number of halogens is 3. The van der Waals surface area contributed by atoms with E-state index in [4.69, 9.17) is 0 Å². The normalized spacial score (nSPS) is 17.1. The number of phenolic OH excluding ortho intramolecular Hbond substituents is 1. The molecule has 0 saturated carbocycles. The van der Waals surface area contributed by atoms with Gasteiger partial charge in [-0.05, 0) is 69.8 Å². The molecule has 0 aromatic heterocycles. The number of hydrogen-bond acceptors (Lipinski definition) is 1. The zero-order valence-electron chi connectivity index (χ0n) is 15.2. The van der Waals surface area contributed by atoms with E-state index in [1.165, 1.54) is 12.1 Å². The Kier molecular flexibility index (Phi) is 4.07. The number of hydrogen-bond donors (Lipinski definition) is 1. The van der Waals surface area contributed by atoms with Gasteiger partial charge in [0.2, 0.25) is 0 Å². The van der Waals surface area contributed by atoms with Crippen molar-refractivity contribution in [1.29, 1.82) is 0 Å². The summed E-state index contributed by atoms with van der Waals surface area (Å²) in [4.78, 5) is 0. The second-order valence-electron chi connectivity index (χ2n) is 7.16. The van der Waals surface area contributed by atoms with Gasteiger partial charge < -0.3 is 5.11 Å². The average molecular weight is 449 g/mol. The lowest BCUT2D eigenvalue weighted by atomic mass is 9.67. The molecular formula is C25H15BrF2O. The molecule has 0 amide bonds. The summed E-state index contributed by atoms with van der Waals surface area (Å²) in [6, 6.07) is 25.0. The van der Waals surface area contributed by atoms with Crippen LogP contribution in [0, 0.1) is 11.6 Å². The molecule has 1 unspecified atom stereocenters. The summed E-state index contributed by atoms with van der Waals surface area (Å²) in [6.45, 7) is 0. The van der Waals surface area contributed by atoms with Gasteiger partial charge in [0.05, 0.1) is 5.41 Å². The predicted octanol–water partition coefficient (Wildman–Crippen LogP) is 6.80. The van der Waals surface area contributed by atoms with Gasteiger partial charge in [-0.1, -0.05) is 64.5 Å². The number of phenols is 1. The van der Waals surface area contributed by atoms with Crippen LogP contribution in [0.3, 0.4) is 0 Å². The standard InChI is InChI=1S/C25H15BrF2O/c26-17-8-11-20-19-3-1-2-4-21(19)25(22(20)14-17,15-5-9-18(29)10-6-15)16-7-12-23(27)24(28)13-16/h1-14,29H. The summed E-state index contributed by atoms with van der Waals surface area (Å²) in [5.74, 6) is -1.62. The van der Waals surface area contributed by atoms with Crippen molar-refractivity contribution >= 4 is 15.9 Å². The molecule has 4 aromatic carbocycles. The Labute approximate surface area is 175 Å². The van der Waals surface area contributed by atoms with Gasteiger partial charge >= 0.3 is 0 Å².